The maximum absolute atomic E-state index is 11.9. The van der Waals surface area contributed by atoms with Crippen molar-refractivity contribution in [3.63, 3.8) is 0 Å². The molecule has 0 bridgehead atoms. The summed E-state index contributed by atoms with van der Waals surface area (Å²) >= 11 is 0. The molecule has 1 atom stereocenters. The van der Waals surface area contributed by atoms with Crippen molar-refractivity contribution in [2.24, 2.45) is 0 Å². The van der Waals surface area contributed by atoms with Crippen molar-refractivity contribution in [2.45, 2.75) is 32.2 Å². The van der Waals surface area contributed by atoms with Crippen LogP contribution in [0.5, 0.6) is 0 Å². The third-order valence-electron chi connectivity index (χ3n) is 2.89. The van der Waals surface area contributed by atoms with Gasteiger partial charge in [-0.05, 0) is 25.8 Å². The van der Waals surface area contributed by atoms with Gasteiger partial charge in [-0.3, -0.25) is 4.79 Å². The molecule has 0 aliphatic carbocycles. The lowest BCUT2D eigenvalue weighted by Gasteiger charge is -2.16. The fourth-order valence-corrected chi connectivity index (χ4v) is 1.99. The van der Waals surface area contributed by atoms with Crippen LogP contribution in [0.1, 0.15) is 26.2 Å². The Morgan fingerprint density at radius 3 is 3.06 bits per heavy atom. The Kier molecular flexibility index (Phi) is 7.16. The number of aliphatic hydroxyl groups excluding tert-OH is 1. The average Bonchev–Trinajstić information content (AvgIpc) is 2.68. The van der Waals surface area contributed by atoms with Crippen LogP contribution in [0.3, 0.4) is 0 Å². The Balaban J connectivity index is 2.12. The first kappa shape index (κ1) is 14.4. The van der Waals surface area contributed by atoms with E-state index in [4.69, 9.17) is 9.84 Å². The summed E-state index contributed by atoms with van der Waals surface area (Å²) in [5.41, 5.74) is 0. The van der Waals surface area contributed by atoms with Crippen molar-refractivity contribution in [1.82, 2.24) is 10.2 Å². The molecule has 0 aromatic rings. The van der Waals surface area contributed by atoms with Crippen LogP contribution in [0.2, 0.25) is 0 Å². The number of likely N-dealkylation sites (tertiary alicyclic amines) is 1. The molecule has 0 radical (unpaired) electrons. The minimum atomic E-state index is 0.0216. The van der Waals surface area contributed by atoms with Crippen LogP contribution in [0.25, 0.3) is 0 Å². The predicted molar refractivity (Wildman–Crippen MR) is 65.8 cm³/mol. The average molecular weight is 244 g/mol. The highest BCUT2D eigenvalue weighted by atomic mass is 16.5. The second kappa shape index (κ2) is 8.44. The van der Waals surface area contributed by atoms with Gasteiger partial charge in [0.1, 0.15) is 0 Å². The first-order chi connectivity index (χ1) is 8.29. The van der Waals surface area contributed by atoms with E-state index in [-0.39, 0.29) is 18.6 Å². The summed E-state index contributed by atoms with van der Waals surface area (Å²) in [7, 11) is 0. The number of hydrogen-bond donors (Lipinski definition) is 2. The van der Waals surface area contributed by atoms with E-state index in [9.17, 15) is 4.79 Å². The Morgan fingerprint density at radius 1 is 1.53 bits per heavy atom. The van der Waals surface area contributed by atoms with Crippen LogP contribution >= 0.6 is 0 Å². The highest BCUT2D eigenvalue weighted by Gasteiger charge is 2.30. The molecule has 0 saturated carbocycles. The standard InChI is InChI=1S/C12H24N2O3/c1-2-5-13-11-4-7-14(12(11)16)6-3-9-17-10-8-15/h11,13,15H,2-10H2,1H3. The molecule has 1 unspecified atom stereocenters. The summed E-state index contributed by atoms with van der Waals surface area (Å²) in [4.78, 5) is 13.8. The summed E-state index contributed by atoms with van der Waals surface area (Å²) in [6, 6.07) is 0.0216. The molecule has 5 heteroatoms. The van der Waals surface area contributed by atoms with Crippen molar-refractivity contribution >= 4 is 5.91 Å². The third-order valence-corrected chi connectivity index (χ3v) is 2.89. The summed E-state index contributed by atoms with van der Waals surface area (Å²) < 4.78 is 5.17. The van der Waals surface area contributed by atoms with Crippen LogP contribution < -0.4 is 5.32 Å². The van der Waals surface area contributed by atoms with Gasteiger partial charge in [-0.1, -0.05) is 6.92 Å². The highest BCUT2D eigenvalue weighted by molar-refractivity contribution is 5.83. The van der Waals surface area contributed by atoms with Crippen molar-refractivity contribution < 1.29 is 14.6 Å². The molecule has 1 rings (SSSR count). The third kappa shape index (κ3) is 5.02. The number of aliphatic hydroxyl groups is 1. The van der Waals surface area contributed by atoms with E-state index in [0.29, 0.717) is 13.2 Å². The molecule has 1 saturated heterocycles. The zero-order valence-electron chi connectivity index (χ0n) is 10.7. The van der Waals surface area contributed by atoms with Crippen LogP contribution in [0, 0.1) is 0 Å². The SMILES string of the molecule is CCCNC1CCN(CCCOCCO)C1=O. The number of rotatable bonds is 9. The van der Waals surface area contributed by atoms with Gasteiger partial charge >= 0.3 is 0 Å². The van der Waals surface area contributed by atoms with E-state index >= 15 is 0 Å². The minimum Gasteiger partial charge on any atom is -0.394 e. The van der Waals surface area contributed by atoms with E-state index in [1.165, 1.54) is 0 Å². The van der Waals surface area contributed by atoms with Gasteiger partial charge in [-0.15, -0.1) is 0 Å². The Bertz CT molecular complexity index is 224. The lowest BCUT2D eigenvalue weighted by atomic mass is 10.2. The topological polar surface area (TPSA) is 61.8 Å². The molecule has 2 N–H and O–H groups in total. The van der Waals surface area contributed by atoms with Gasteiger partial charge in [0.25, 0.3) is 0 Å². The molecule has 1 aliphatic rings. The number of nitrogens with one attached hydrogen (secondary N) is 1. The molecule has 100 valence electrons. The maximum Gasteiger partial charge on any atom is 0.239 e. The molecule has 1 fully saturated rings. The highest BCUT2D eigenvalue weighted by Crippen LogP contribution is 2.11. The fraction of sp³-hybridized carbons (Fsp3) is 0.917. The molecule has 0 aromatic heterocycles. The van der Waals surface area contributed by atoms with E-state index in [2.05, 4.69) is 12.2 Å². The molecule has 0 aromatic carbocycles. The van der Waals surface area contributed by atoms with Gasteiger partial charge in [-0.25, -0.2) is 0 Å². The molecular formula is C12H24N2O3. The summed E-state index contributed by atoms with van der Waals surface area (Å²) in [5.74, 6) is 0.223. The van der Waals surface area contributed by atoms with Crippen molar-refractivity contribution in [3.8, 4) is 0 Å². The predicted octanol–water partition coefficient (Wildman–Crippen LogP) is -0.0141. The lowest BCUT2D eigenvalue weighted by molar-refractivity contribution is -0.129. The minimum absolute atomic E-state index is 0.0216. The molecule has 1 amide bonds. The van der Waals surface area contributed by atoms with Gasteiger partial charge in [0.2, 0.25) is 5.91 Å². The number of nitrogens with zero attached hydrogens (tertiary/aromatic N) is 1. The van der Waals surface area contributed by atoms with Crippen LogP contribution in [-0.4, -0.2) is 61.4 Å². The first-order valence-corrected chi connectivity index (χ1v) is 6.50. The molecule has 5 nitrogen and oxygen atoms in total. The number of amides is 1. The van der Waals surface area contributed by atoms with E-state index in [1.807, 2.05) is 4.90 Å². The summed E-state index contributed by atoms with van der Waals surface area (Å²) in [6.45, 7) is 5.67. The van der Waals surface area contributed by atoms with Crippen molar-refractivity contribution in [1.29, 1.82) is 0 Å². The van der Waals surface area contributed by atoms with Crippen LogP contribution in [-0.2, 0) is 9.53 Å². The summed E-state index contributed by atoms with van der Waals surface area (Å²) in [5, 5.41) is 11.8. The molecular weight excluding hydrogens is 220 g/mol. The molecule has 0 spiro atoms. The Morgan fingerprint density at radius 2 is 2.35 bits per heavy atom. The van der Waals surface area contributed by atoms with E-state index in [0.717, 1.165) is 38.9 Å². The monoisotopic (exact) mass is 244 g/mol. The second-order valence-corrected chi connectivity index (χ2v) is 4.31. The molecule has 17 heavy (non-hydrogen) atoms. The smallest absolute Gasteiger partial charge is 0.239 e. The van der Waals surface area contributed by atoms with Gasteiger partial charge in [-0.2, -0.15) is 0 Å². The number of ether oxygens (including phenoxy) is 1. The number of hydrogen-bond acceptors (Lipinski definition) is 4. The molecule has 1 aliphatic heterocycles. The van der Waals surface area contributed by atoms with E-state index in [1.54, 1.807) is 0 Å². The molecule has 1 heterocycles. The zero-order chi connectivity index (χ0) is 12.5. The first-order valence-electron chi connectivity index (χ1n) is 6.50. The van der Waals surface area contributed by atoms with Crippen molar-refractivity contribution in [2.75, 3.05) is 39.5 Å². The van der Waals surface area contributed by atoms with Crippen LogP contribution in [0.4, 0.5) is 0 Å². The number of carbonyl (C=O) groups excluding carboxylic acids is 1. The van der Waals surface area contributed by atoms with Gasteiger partial charge in [0, 0.05) is 19.7 Å². The quantitative estimate of drug-likeness (QED) is 0.560. The zero-order valence-corrected chi connectivity index (χ0v) is 10.7. The fourth-order valence-electron chi connectivity index (χ4n) is 1.99. The van der Waals surface area contributed by atoms with Crippen LogP contribution in [0.15, 0.2) is 0 Å². The second-order valence-electron chi connectivity index (χ2n) is 4.31. The Hall–Kier alpha value is -0.650. The largest absolute Gasteiger partial charge is 0.394 e. The van der Waals surface area contributed by atoms with Gasteiger partial charge < -0.3 is 20.1 Å². The number of carbonyl (C=O) groups is 1. The van der Waals surface area contributed by atoms with Gasteiger partial charge in [0.15, 0.2) is 0 Å². The normalized spacial score (nSPS) is 20.2. The van der Waals surface area contributed by atoms with E-state index < -0.39 is 0 Å². The van der Waals surface area contributed by atoms with Crippen molar-refractivity contribution in [3.05, 3.63) is 0 Å². The summed E-state index contributed by atoms with van der Waals surface area (Å²) in [6.07, 6.45) is 2.81. The maximum atomic E-state index is 11.9. The Labute approximate surface area is 103 Å². The van der Waals surface area contributed by atoms with Gasteiger partial charge in [0.05, 0.1) is 19.3 Å². The lowest BCUT2D eigenvalue weighted by Crippen LogP contribution is -2.39.